The fourth-order valence-corrected chi connectivity index (χ4v) is 4.87. The quantitative estimate of drug-likeness (QED) is 0.0869. The summed E-state index contributed by atoms with van der Waals surface area (Å²) >= 11 is 0. The number of rotatable bonds is 17. The van der Waals surface area contributed by atoms with Gasteiger partial charge < -0.3 is 33.2 Å². The minimum absolute atomic E-state index is 0.00894. The largest absolute Gasteiger partial charge is 0.460 e. The summed E-state index contributed by atoms with van der Waals surface area (Å²) in [5.41, 5.74) is 11.7. The van der Waals surface area contributed by atoms with Gasteiger partial charge in [0.25, 0.3) is 0 Å². The predicted molar refractivity (Wildman–Crippen MR) is 161 cm³/mol. The first-order valence-electron chi connectivity index (χ1n) is 14.5. The Hall–Kier alpha value is -3.80. The van der Waals surface area contributed by atoms with E-state index in [2.05, 4.69) is 10.0 Å². The maximum absolute atomic E-state index is 11.6. The molecule has 1 fully saturated rings. The average molecular weight is 606 g/mol. The van der Waals surface area contributed by atoms with Gasteiger partial charge in [0.1, 0.15) is 30.5 Å². The molecular weight excluding hydrogens is 566 g/mol. The standard InChI is InChI=1S/C33H39N3O8/c1-24(37)43-28(18-35-36-34)22-39-23-29-30(40-19-25-12-6-3-7-13-25)31(41-20-26-14-8-4-9-15-26)32(33(38-2)44-29)42-21-27-16-10-5-11-17-27/h3-17,28-33H,18-23H2,1-2H3. The number of benzene rings is 3. The molecule has 0 N–H and O–H groups in total. The van der Waals surface area contributed by atoms with Crippen molar-refractivity contribution in [3.63, 3.8) is 0 Å². The molecule has 6 atom stereocenters. The van der Waals surface area contributed by atoms with Crippen molar-refractivity contribution in [2.24, 2.45) is 5.11 Å². The molecule has 0 aliphatic carbocycles. The predicted octanol–water partition coefficient (Wildman–Crippen LogP) is 5.37. The highest BCUT2D eigenvalue weighted by atomic mass is 16.7. The zero-order valence-electron chi connectivity index (χ0n) is 25.0. The zero-order chi connectivity index (χ0) is 31.0. The number of azide groups is 1. The molecular formula is C33H39N3O8. The van der Waals surface area contributed by atoms with Crippen LogP contribution in [0.4, 0.5) is 0 Å². The minimum Gasteiger partial charge on any atom is -0.460 e. The number of ether oxygens (including phenoxy) is 7. The van der Waals surface area contributed by atoms with Gasteiger partial charge in [-0.3, -0.25) is 4.79 Å². The molecule has 1 aliphatic heterocycles. The lowest BCUT2D eigenvalue weighted by Crippen LogP contribution is -2.61. The Morgan fingerprint density at radius 3 is 1.80 bits per heavy atom. The van der Waals surface area contributed by atoms with E-state index in [1.807, 2.05) is 91.0 Å². The van der Waals surface area contributed by atoms with E-state index in [1.165, 1.54) is 6.92 Å². The lowest BCUT2D eigenvalue weighted by atomic mass is 9.97. The van der Waals surface area contributed by atoms with Crippen molar-refractivity contribution in [2.45, 2.75) is 63.6 Å². The molecule has 0 spiro atoms. The maximum Gasteiger partial charge on any atom is 0.302 e. The normalized spacial score (nSPS) is 22.1. The lowest BCUT2D eigenvalue weighted by molar-refractivity contribution is -0.323. The van der Waals surface area contributed by atoms with Crippen molar-refractivity contribution in [3.8, 4) is 0 Å². The van der Waals surface area contributed by atoms with E-state index in [9.17, 15) is 4.79 Å². The highest BCUT2D eigenvalue weighted by Crippen LogP contribution is 2.31. The van der Waals surface area contributed by atoms with Gasteiger partial charge >= 0.3 is 5.97 Å². The SMILES string of the molecule is COC1OC(COCC(CN=[N+]=[N-])OC(C)=O)C(OCc2ccccc2)C(OCc2ccccc2)C1OCc1ccccc1. The van der Waals surface area contributed by atoms with Crippen LogP contribution in [0.5, 0.6) is 0 Å². The highest BCUT2D eigenvalue weighted by molar-refractivity contribution is 5.66. The Bertz CT molecular complexity index is 1290. The summed E-state index contributed by atoms with van der Waals surface area (Å²) in [6.07, 6.45) is -4.06. The number of nitrogens with zero attached hydrogens (tertiary/aromatic N) is 3. The first kappa shape index (κ1) is 33.1. The van der Waals surface area contributed by atoms with Gasteiger partial charge in [-0.1, -0.05) is 96.1 Å². The molecule has 11 heteroatoms. The van der Waals surface area contributed by atoms with Crippen molar-refractivity contribution in [1.29, 1.82) is 0 Å². The summed E-state index contributed by atoms with van der Waals surface area (Å²) in [4.78, 5) is 14.3. The molecule has 1 heterocycles. The summed E-state index contributed by atoms with van der Waals surface area (Å²) < 4.78 is 42.9. The van der Waals surface area contributed by atoms with Gasteiger partial charge in [-0.2, -0.15) is 0 Å². The molecule has 6 unspecified atom stereocenters. The van der Waals surface area contributed by atoms with Crippen molar-refractivity contribution < 1.29 is 38.0 Å². The highest BCUT2D eigenvalue weighted by Gasteiger charge is 2.48. The summed E-state index contributed by atoms with van der Waals surface area (Å²) in [5, 5.41) is 3.53. The van der Waals surface area contributed by atoms with Crippen LogP contribution in [0, 0.1) is 0 Å². The molecule has 0 bridgehead atoms. The number of carbonyl (C=O) groups is 1. The number of carbonyl (C=O) groups excluding carboxylic acids is 1. The summed E-state index contributed by atoms with van der Waals surface area (Å²) in [5.74, 6) is -0.503. The van der Waals surface area contributed by atoms with Crippen LogP contribution in [0.25, 0.3) is 10.4 Å². The molecule has 44 heavy (non-hydrogen) atoms. The van der Waals surface area contributed by atoms with Crippen molar-refractivity contribution in [2.75, 3.05) is 26.9 Å². The molecule has 0 saturated carbocycles. The van der Waals surface area contributed by atoms with Gasteiger partial charge in [-0.25, -0.2) is 0 Å². The Kier molecular flexibility index (Phi) is 13.6. The van der Waals surface area contributed by atoms with Gasteiger partial charge in [0.2, 0.25) is 0 Å². The van der Waals surface area contributed by atoms with Crippen LogP contribution < -0.4 is 0 Å². The zero-order valence-corrected chi connectivity index (χ0v) is 25.0. The van der Waals surface area contributed by atoms with Crippen molar-refractivity contribution in [1.82, 2.24) is 0 Å². The van der Waals surface area contributed by atoms with Gasteiger partial charge in [-0.05, 0) is 22.2 Å². The third-order valence-corrected chi connectivity index (χ3v) is 6.95. The molecule has 4 rings (SSSR count). The molecule has 234 valence electrons. The van der Waals surface area contributed by atoms with Crippen LogP contribution in [0.1, 0.15) is 23.6 Å². The molecule has 3 aromatic carbocycles. The van der Waals surface area contributed by atoms with Crippen LogP contribution in [-0.4, -0.2) is 69.6 Å². The minimum atomic E-state index is -0.794. The van der Waals surface area contributed by atoms with Gasteiger partial charge in [0, 0.05) is 18.9 Å². The third-order valence-electron chi connectivity index (χ3n) is 6.95. The van der Waals surface area contributed by atoms with Crippen molar-refractivity contribution in [3.05, 3.63) is 118 Å². The van der Waals surface area contributed by atoms with E-state index in [0.717, 1.165) is 16.7 Å². The molecule has 1 aliphatic rings. The van der Waals surface area contributed by atoms with Crippen LogP contribution in [0.2, 0.25) is 0 Å². The maximum atomic E-state index is 11.6. The molecule has 1 saturated heterocycles. The molecule has 11 nitrogen and oxygen atoms in total. The van der Waals surface area contributed by atoms with E-state index in [4.69, 9.17) is 38.7 Å². The second-order valence-electron chi connectivity index (χ2n) is 10.2. The first-order chi connectivity index (χ1) is 21.6. The molecule has 0 aromatic heterocycles. The van der Waals surface area contributed by atoms with Crippen LogP contribution >= 0.6 is 0 Å². The van der Waals surface area contributed by atoms with Crippen LogP contribution in [0.3, 0.4) is 0 Å². The fraction of sp³-hybridized carbons (Fsp3) is 0.424. The third kappa shape index (κ3) is 10.4. The van der Waals surface area contributed by atoms with E-state index in [-0.39, 0.29) is 19.8 Å². The number of hydrogen-bond acceptors (Lipinski definition) is 9. The fourth-order valence-electron chi connectivity index (χ4n) is 4.87. The smallest absolute Gasteiger partial charge is 0.302 e. The van der Waals surface area contributed by atoms with Gasteiger partial charge in [0.05, 0.1) is 39.6 Å². The topological polar surface area (TPSA) is 130 Å². The Balaban J connectivity index is 1.57. The second-order valence-corrected chi connectivity index (χ2v) is 10.2. The van der Waals surface area contributed by atoms with Gasteiger partial charge in [0.15, 0.2) is 6.29 Å². The summed E-state index contributed by atoms with van der Waals surface area (Å²) in [7, 11) is 1.55. The Labute approximate surface area is 257 Å². The first-order valence-corrected chi connectivity index (χ1v) is 14.5. The average Bonchev–Trinajstić information content (AvgIpc) is 3.05. The number of esters is 1. The van der Waals surface area contributed by atoms with E-state index < -0.39 is 42.8 Å². The molecule has 0 amide bonds. The van der Waals surface area contributed by atoms with Gasteiger partial charge in [-0.15, -0.1) is 0 Å². The monoisotopic (exact) mass is 605 g/mol. The van der Waals surface area contributed by atoms with E-state index in [0.29, 0.717) is 19.8 Å². The van der Waals surface area contributed by atoms with Crippen LogP contribution in [0.15, 0.2) is 96.1 Å². The van der Waals surface area contributed by atoms with Crippen LogP contribution in [-0.2, 0) is 57.8 Å². The van der Waals surface area contributed by atoms with E-state index in [1.54, 1.807) is 7.11 Å². The number of methoxy groups -OCH3 is 1. The van der Waals surface area contributed by atoms with E-state index >= 15 is 0 Å². The van der Waals surface area contributed by atoms with Crippen molar-refractivity contribution >= 4 is 5.97 Å². The lowest BCUT2D eigenvalue weighted by Gasteiger charge is -2.45. The molecule has 3 aromatic rings. The second kappa shape index (κ2) is 18.1. The Morgan fingerprint density at radius 2 is 1.32 bits per heavy atom. The summed E-state index contributed by atoms with van der Waals surface area (Å²) in [6.45, 7) is 2.20. The summed E-state index contributed by atoms with van der Waals surface area (Å²) in [6, 6.07) is 29.5. The molecule has 0 radical (unpaired) electrons. The number of hydrogen-bond donors (Lipinski definition) is 0. The Morgan fingerprint density at radius 1 is 0.818 bits per heavy atom.